The van der Waals surface area contributed by atoms with Crippen molar-refractivity contribution in [3.63, 3.8) is 0 Å². The summed E-state index contributed by atoms with van der Waals surface area (Å²) in [4.78, 5) is 12.2. The molecule has 8 heteroatoms. The third-order valence-electron chi connectivity index (χ3n) is 4.40. The third-order valence-corrected chi connectivity index (χ3v) is 5.58. The fraction of sp³-hybridized carbons (Fsp3) is 0.0952. The van der Waals surface area contributed by atoms with Gasteiger partial charge in [-0.25, -0.2) is 4.68 Å². The van der Waals surface area contributed by atoms with Crippen LogP contribution in [0, 0.1) is 0 Å². The summed E-state index contributed by atoms with van der Waals surface area (Å²) < 4.78 is 1.44. The summed E-state index contributed by atoms with van der Waals surface area (Å²) in [6, 6.07) is 21.3. The Kier molecular flexibility index (Phi) is 5.69. The lowest BCUT2D eigenvalue weighted by atomic mass is 10.0. The Labute approximate surface area is 177 Å². The van der Waals surface area contributed by atoms with Crippen LogP contribution in [0.15, 0.2) is 71.9 Å². The quantitative estimate of drug-likeness (QED) is 0.360. The molecule has 0 aliphatic carbocycles. The minimum atomic E-state index is -0.170. The second kappa shape index (κ2) is 8.55. The first kappa shape index (κ1) is 19.3. The number of nitrogen functional groups attached to an aromatic ring is 1. The van der Waals surface area contributed by atoms with Crippen LogP contribution in [0.5, 0.6) is 0 Å². The van der Waals surface area contributed by atoms with Crippen LogP contribution in [0.4, 0.5) is 5.69 Å². The van der Waals surface area contributed by atoms with Crippen molar-refractivity contribution < 1.29 is 4.79 Å². The maximum Gasteiger partial charge on any atom is 0.234 e. The zero-order valence-electron chi connectivity index (χ0n) is 15.4. The zero-order valence-corrected chi connectivity index (χ0v) is 17.0. The summed E-state index contributed by atoms with van der Waals surface area (Å²) in [6.07, 6.45) is 0.556. The number of fused-ring (bicyclic) bond motifs is 1. The highest BCUT2D eigenvalue weighted by molar-refractivity contribution is 7.99. The molecule has 3 N–H and O–H groups in total. The molecule has 0 atom stereocenters. The van der Waals surface area contributed by atoms with E-state index in [1.165, 1.54) is 21.8 Å². The average molecular weight is 424 g/mol. The highest BCUT2D eigenvalue weighted by Crippen LogP contribution is 2.22. The molecular formula is C21H18ClN5OS. The number of nitrogens with zero attached hydrogens (tertiary/aromatic N) is 3. The van der Waals surface area contributed by atoms with Crippen LogP contribution in [0.2, 0.25) is 5.02 Å². The summed E-state index contributed by atoms with van der Waals surface area (Å²) in [6.45, 7) is 0. The van der Waals surface area contributed by atoms with Gasteiger partial charge in [-0.05, 0) is 34.5 Å². The van der Waals surface area contributed by atoms with Crippen LogP contribution >= 0.6 is 23.4 Å². The first-order valence-corrected chi connectivity index (χ1v) is 10.3. The topological polar surface area (TPSA) is 85.8 Å². The van der Waals surface area contributed by atoms with Crippen LogP contribution < -0.4 is 11.2 Å². The molecule has 1 heterocycles. The molecule has 1 aromatic heterocycles. The molecule has 0 saturated carbocycles. The van der Waals surface area contributed by atoms with E-state index in [1.807, 2.05) is 18.2 Å². The number of amides is 1. The number of rotatable bonds is 6. The first-order chi connectivity index (χ1) is 14.1. The van der Waals surface area contributed by atoms with Crippen molar-refractivity contribution in [3.8, 4) is 0 Å². The molecule has 3 aromatic carbocycles. The number of carbonyl (C=O) groups excluding carboxylic acids is 1. The number of hydrogen-bond acceptors (Lipinski definition) is 5. The Morgan fingerprint density at radius 3 is 2.72 bits per heavy atom. The lowest BCUT2D eigenvalue weighted by Gasteiger charge is -2.07. The molecule has 0 saturated heterocycles. The maximum atomic E-state index is 12.2. The van der Waals surface area contributed by atoms with Gasteiger partial charge in [-0.2, -0.15) is 0 Å². The molecule has 4 rings (SSSR count). The Balaban J connectivity index is 1.42. The molecule has 4 aromatic rings. The SMILES string of the molecule is Nn1c(Cc2cccc3ccccc23)nnc1SCC(=O)Nc1cccc(Cl)c1. The molecule has 146 valence electrons. The number of hydrogen-bond donors (Lipinski definition) is 2. The number of nitrogens with one attached hydrogen (secondary N) is 1. The molecule has 0 unspecified atom stereocenters. The van der Waals surface area contributed by atoms with E-state index in [1.54, 1.807) is 24.3 Å². The predicted molar refractivity (Wildman–Crippen MR) is 118 cm³/mol. The molecule has 0 aliphatic heterocycles. The van der Waals surface area contributed by atoms with E-state index in [-0.39, 0.29) is 11.7 Å². The summed E-state index contributed by atoms with van der Waals surface area (Å²) in [5, 5.41) is 14.5. The van der Waals surface area contributed by atoms with Gasteiger partial charge in [0.15, 0.2) is 5.82 Å². The molecule has 6 nitrogen and oxygen atoms in total. The monoisotopic (exact) mass is 423 g/mol. The number of nitrogens with two attached hydrogens (primary N) is 1. The Morgan fingerprint density at radius 2 is 1.86 bits per heavy atom. The number of halogens is 1. The summed E-state index contributed by atoms with van der Waals surface area (Å²) in [5.41, 5.74) is 1.77. The van der Waals surface area contributed by atoms with Crippen LogP contribution in [0.25, 0.3) is 10.8 Å². The van der Waals surface area contributed by atoms with Crippen LogP contribution in [0.1, 0.15) is 11.4 Å². The number of carbonyl (C=O) groups is 1. The molecule has 0 fully saturated rings. The van der Waals surface area contributed by atoms with E-state index in [9.17, 15) is 4.79 Å². The van der Waals surface area contributed by atoms with Crippen molar-refractivity contribution in [3.05, 3.63) is 83.1 Å². The highest BCUT2D eigenvalue weighted by atomic mass is 35.5. The Bertz CT molecular complexity index is 1170. The van der Waals surface area contributed by atoms with Gasteiger partial charge in [0.05, 0.1) is 5.75 Å². The summed E-state index contributed by atoms with van der Waals surface area (Å²) >= 11 is 7.17. The van der Waals surface area contributed by atoms with E-state index in [2.05, 4.69) is 39.8 Å². The predicted octanol–water partition coefficient (Wildman–Crippen LogP) is 4.12. The lowest BCUT2D eigenvalue weighted by molar-refractivity contribution is -0.113. The fourth-order valence-corrected chi connectivity index (χ4v) is 3.90. The molecule has 0 bridgehead atoms. The molecular weight excluding hydrogens is 406 g/mol. The van der Waals surface area contributed by atoms with Crippen molar-refractivity contribution in [1.82, 2.24) is 14.9 Å². The summed E-state index contributed by atoms with van der Waals surface area (Å²) in [7, 11) is 0. The smallest absolute Gasteiger partial charge is 0.234 e. The second-order valence-corrected chi connectivity index (χ2v) is 7.81. The molecule has 0 radical (unpaired) electrons. The van der Waals surface area contributed by atoms with Gasteiger partial charge in [-0.15, -0.1) is 10.2 Å². The minimum Gasteiger partial charge on any atom is -0.336 e. The van der Waals surface area contributed by atoms with Gasteiger partial charge >= 0.3 is 0 Å². The highest BCUT2D eigenvalue weighted by Gasteiger charge is 2.14. The van der Waals surface area contributed by atoms with E-state index in [4.69, 9.17) is 17.4 Å². The van der Waals surface area contributed by atoms with Crippen molar-refractivity contribution in [2.45, 2.75) is 11.6 Å². The van der Waals surface area contributed by atoms with Gasteiger partial charge in [-0.3, -0.25) is 4.79 Å². The average Bonchev–Trinajstić information content (AvgIpc) is 3.06. The molecule has 0 spiro atoms. The zero-order chi connectivity index (χ0) is 20.2. The normalized spacial score (nSPS) is 10.9. The molecule has 1 amide bonds. The molecule has 29 heavy (non-hydrogen) atoms. The Hall–Kier alpha value is -3.03. The Morgan fingerprint density at radius 1 is 1.07 bits per heavy atom. The molecule has 0 aliphatic rings. The largest absolute Gasteiger partial charge is 0.336 e. The van der Waals surface area contributed by atoms with Crippen LogP contribution in [0.3, 0.4) is 0 Å². The van der Waals surface area contributed by atoms with E-state index in [0.717, 1.165) is 10.9 Å². The second-order valence-electron chi connectivity index (χ2n) is 6.43. The van der Waals surface area contributed by atoms with Crippen molar-refractivity contribution in [2.24, 2.45) is 0 Å². The van der Waals surface area contributed by atoms with Crippen molar-refractivity contribution >= 4 is 45.7 Å². The van der Waals surface area contributed by atoms with Gasteiger partial charge in [0, 0.05) is 17.1 Å². The van der Waals surface area contributed by atoms with E-state index in [0.29, 0.717) is 28.1 Å². The maximum absolute atomic E-state index is 12.2. The lowest BCUT2D eigenvalue weighted by Crippen LogP contribution is -2.17. The number of anilines is 1. The number of thioether (sulfide) groups is 1. The van der Waals surface area contributed by atoms with Gasteiger partial charge in [0.25, 0.3) is 0 Å². The van der Waals surface area contributed by atoms with Gasteiger partial charge < -0.3 is 11.2 Å². The van der Waals surface area contributed by atoms with Gasteiger partial charge in [0.2, 0.25) is 11.1 Å². The van der Waals surface area contributed by atoms with E-state index < -0.39 is 0 Å². The van der Waals surface area contributed by atoms with Gasteiger partial charge in [0.1, 0.15) is 0 Å². The number of benzene rings is 3. The van der Waals surface area contributed by atoms with E-state index >= 15 is 0 Å². The standard InChI is InChI=1S/C21H18ClN5OS/c22-16-8-4-9-17(12-16)24-20(28)13-29-21-26-25-19(27(21)23)11-15-7-3-6-14-5-1-2-10-18(14)15/h1-10,12H,11,13,23H2,(H,24,28). The number of aromatic nitrogens is 3. The van der Waals surface area contributed by atoms with Crippen molar-refractivity contribution in [1.29, 1.82) is 0 Å². The van der Waals surface area contributed by atoms with Gasteiger partial charge in [-0.1, -0.05) is 71.9 Å². The third kappa shape index (κ3) is 4.52. The summed E-state index contributed by atoms with van der Waals surface area (Å²) in [5.74, 6) is 6.81. The minimum absolute atomic E-state index is 0.163. The van der Waals surface area contributed by atoms with Crippen molar-refractivity contribution in [2.75, 3.05) is 16.9 Å². The van der Waals surface area contributed by atoms with Crippen LogP contribution in [-0.2, 0) is 11.2 Å². The first-order valence-electron chi connectivity index (χ1n) is 8.94. The fourth-order valence-electron chi connectivity index (χ4n) is 3.04. The van der Waals surface area contributed by atoms with Crippen LogP contribution in [-0.4, -0.2) is 26.5 Å².